The molecule has 2 heteroatoms. The van der Waals surface area contributed by atoms with Crippen molar-refractivity contribution in [2.45, 2.75) is 25.7 Å². The molecule has 0 aliphatic carbocycles. The normalized spacial score (nSPS) is 22.3. The molecule has 1 aromatic carbocycles. The van der Waals surface area contributed by atoms with Gasteiger partial charge < -0.3 is 10.4 Å². The average Bonchev–Trinajstić information content (AvgIpc) is 2.50. The van der Waals surface area contributed by atoms with Crippen LogP contribution in [0.2, 0.25) is 0 Å². The Morgan fingerprint density at radius 1 is 1.13 bits per heavy atom. The van der Waals surface area contributed by atoms with Crippen molar-refractivity contribution in [3.8, 4) is 5.75 Å². The molecule has 2 nitrogen and oxygen atoms in total. The highest BCUT2D eigenvalue weighted by atomic mass is 16.3. The molecule has 0 spiro atoms. The number of aromatic hydroxyl groups is 1. The summed E-state index contributed by atoms with van der Waals surface area (Å²) in [4.78, 5) is 0. The molecule has 0 amide bonds. The van der Waals surface area contributed by atoms with Crippen molar-refractivity contribution < 1.29 is 5.11 Å². The van der Waals surface area contributed by atoms with Gasteiger partial charge in [0.2, 0.25) is 0 Å². The second kappa shape index (κ2) is 5.17. The molecule has 1 aliphatic rings. The molecule has 1 unspecified atom stereocenters. The number of nitrogens with one attached hydrogen (secondary N) is 1. The molecule has 82 valence electrons. The number of benzene rings is 1. The molecule has 2 N–H and O–H groups in total. The van der Waals surface area contributed by atoms with Crippen LogP contribution >= 0.6 is 0 Å². The Balaban J connectivity index is 1.92. The Morgan fingerprint density at radius 2 is 1.93 bits per heavy atom. The zero-order chi connectivity index (χ0) is 10.5. The van der Waals surface area contributed by atoms with Crippen molar-refractivity contribution in [3.05, 3.63) is 29.8 Å². The predicted octanol–water partition coefficient (Wildman–Crippen LogP) is 2.32. The van der Waals surface area contributed by atoms with Crippen molar-refractivity contribution in [2.24, 2.45) is 5.92 Å². The van der Waals surface area contributed by atoms with E-state index in [-0.39, 0.29) is 0 Å². The maximum absolute atomic E-state index is 9.20. The van der Waals surface area contributed by atoms with Crippen molar-refractivity contribution in [2.75, 3.05) is 13.1 Å². The van der Waals surface area contributed by atoms with Gasteiger partial charge in [-0.2, -0.15) is 0 Å². The highest BCUT2D eigenvalue weighted by molar-refractivity contribution is 5.26. The molecule has 1 aromatic rings. The topological polar surface area (TPSA) is 32.3 Å². The van der Waals surface area contributed by atoms with E-state index in [0.717, 1.165) is 18.9 Å². The molecule has 1 heterocycles. The minimum Gasteiger partial charge on any atom is -0.508 e. The molecular formula is C13H19NO. The lowest BCUT2D eigenvalue weighted by Gasteiger charge is -2.13. The Morgan fingerprint density at radius 3 is 2.73 bits per heavy atom. The van der Waals surface area contributed by atoms with Gasteiger partial charge in [-0.05, 0) is 62.4 Å². The van der Waals surface area contributed by atoms with Crippen LogP contribution in [-0.2, 0) is 6.42 Å². The molecule has 2 rings (SSSR count). The van der Waals surface area contributed by atoms with Gasteiger partial charge in [0.15, 0.2) is 0 Å². The molecule has 0 aromatic heterocycles. The Bertz CT molecular complexity index is 286. The van der Waals surface area contributed by atoms with E-state index in [2.05, 4.69) is 5.32 Å². The fraction of sp³-hybridized carbons (Fsp3) is 0.538. The van der Waals surface area contributed by atoms with Crippen molar-refractivity contribution in [1.29, 1.82) is 0 Å². The monoisotopic (exact) mass is 205 g/mol. The van der Waals surface area contributed by atoms with Gasteiger partial charge in [-0.15, -0.1) is 0 Å². The molecule has 0 saturated carbocycles. The predicted molar refractivity (Wildman–Crippen MR) is 62.0 cm³/mol. The fourth-order valence-electron chi connectivity index (χ4n) is 2.26. The Hall–Kier alpha value is -1.02. The van der Waals surface area contributed by atoms with Crippen molar-refractivity contribution in [1.82, 2.24) is 5.32 Å². The number of hydrogen-bond acceptors (Lipinski definition) is 2. The summed E-state index contributed by atoms with van der Waals surface area (Å²) >= 11 is 0. The van der Waals surface area contributed by atoms with E-state index in [0.29, 0.717) is 5.75 Å². The summed E-state index contributed by atoms with van der Waals surface area (Å²) < 4.78 is 0. The van der Waals surface area contributed by atoms with Gasteiger partial charge >= 0.3 is 0 Å². The second-order valence-corrected chi connectivity index (χ2v) is 4.42. The third-order valence-electron chi connectivity index (χ3n) is 3.16. The van der Waals surface area contributed by atoms with Crippen LogP contribution in [0.4, 0.5) is 0 Å². The minimum atomic E-state index is 0.362. The van der Waals surface area contributed by atoms with Gasteiger partial charge in [0.05, 0.1) is 0 Å². The van der Waals surface area contributed by atoms with Crippen LogP contribution < -0.4 is 5.32 Å². The van der Waals surface area contributed by atoms with E-state index in [1.807, 2.05) is 12.1 Å². The smallest absolute Gasteiger partial charge is 0.115 e. The lowest BCUT2D eigenvalue weighted by molar-refractivity contribution is 0.465. The van der Waals surface area contributed by atoms with E-state index in [9.17, 15) is 5.11 Å². The number of phenols is 1. The molecule has 1 atom stereocenters. The Kier molecular flexibility index (Phi) is 3.62. The molecule has 15 heavy (non-hydrogen) atoms. The van der Waals surface area contributed by atoms with Gasteiger partial charge in [-0.3, -0.25) is 0 Å². The largest absolute Gasteiger partial charge is 0.508 e. The third-order valence-corrected chi connectivity index (χ3v) is 3.16. The highest BCUT2D eigenvalue weighted by Gasteiger charge is 2.12. The van der Waals surface area contributed by atoms with Gasteiger partial charge in [0, 0.05) is 0 Å². The van der Waals surface area contributed by atoms with Crippen LogP contribution in [0.25, 0.3) is 0 Å². The maximum Gasteiger partial charge on any atom is 0.115 e. The number of rotatable bonds is 2. The molecule has 0 radical (unpaired) electrons. The fourth-order valence-corrected chi connectivity index (χ4v) is 2.26. The van der Waals surface area contributed by atoms with Crippen LogP contribution in [0, 0.1) is 5.92 Å². The molecule has 0 bridgehead atoms. The summed E-state index contributed by atoms with van der Waals surface area (Å²) in [6.07, 6.45) is 5.06. The summed E-state index contributed by atoms with van der Waals surface area (Å²) in [6, 6.07) is 7.63. The summed E-state index contributed by atoms with van der Waals surface area (Å²) in [7, 11) is 0. The van der Waals surface area contributed by atoms with Crippen molar-refractivity contribution in [3.63, 3.8) is 0 Å². The summed E-state index contributed by atoms with van der Waals surface area (Å²) in [5, 5.41) is 12.6. The van der Waals surface area contributed by atoms with E-state index < -0.39 is 0 Å². The summed E-state index contributed by atoms with van der Waals surface area (Å²) in [5.41, 5.74) is 1.35. The first-order valence-electron chi connectivity index (χ1n) is 5.83. The quantitative estimate of drug-likeness (QED) is 0.776. The lowest BCUT2D eigenvalue weighted by Crippen LogP contribution is -2.14. The number of hydrogen-bond donors (Lipinski definition) is 2. The van der Waals surface area contributed by atoms with Crippen LogP contribution in [0.5, 0.6) is 5.75 Å². The molecule has 1 fully saturated rings. The van der Waals surface area contributed by atoms with E-state index in [1.54, 1.807) is 12.1 Å². The van der Waals surface area contributed by atoms with Crippen molar-refractivity contribution >= 4 is 0 Å². The van der Waals surface area contributed by atoms with Crippen LogP contribution in [0.3, 0.4) is 0 Å². The zero-order valence-electron chi connectivity index (χ0n) is 9.08. The molecule has 1 aliphatic heterocycles. The van der Waals surface area contributed by atoms with E-state index >= 15 is 0 Å². The summed E-state index contributed by atoms with van der Waals surface area (Å²) in [5.74, 6) is 1.17. The van der Waals surface area contributed by atoms with E-state index in [4.69, 9.17) is 0 Å². The number of phenolic OH excluding ortho intramolecular Hbond substituents is 1. The standard InChI is InChI=1S/C13H19NO/c15-13-5-3-12(4-6-13)10-11-2-1-8-14-9-7-11/h3-6,11,14-15H,1-2,7-10H2. The average molecular weight is 205 g/mol. The lowest BCUT2D eigenvalue weighted by atomic mass is 9.93. The molecular weight excluding hydrogens is 186 g/mol. The SMILES string of the molecule is Oc1ccc(CC2CCCNCC2)cc1. The molecule has 1 saturated heterocycles. The van der Waals surface area contributed by atoms with Crippen LogP contribution in [0.15, 0.2) is 24.3 Å². The van der Waals surface area contributed by atoms with Crippen LogP contribution in [-0.4, -0.2) is 18.2 Å². The first kappa shape index (κ1) is 10.5. The first-order chi connectivity index (χ1) is 7.34. The van der Waals surface area contributed by atoms with Gasteiger partial charge in [-0.25, -0.2) is 0 Å². The third kappa shape index (κ3) is 3.24. The second-order valence-electron chi connectivity index (χ2n) is 4.42. The Labute approximate surface area is 91.3 Å². The minimum absolute atomic E-state index is 0.362. The van der Waals surface area contributed by atoms with Gasteiger partial charge in [0.25, 0.3) is 0 Å². The summed E-state index contributed by atoms with van der Waals surface area (Å²) in [6.45, 7) is 2.33. The van der Waals surface area contributed by atoms with Crippen LogP contribution in [0.1, 0.15) is 24.8 Å². The maximum atomic E-state index is 9.20. The highest BCUT2D eigenvalue weighted by Crippen LogP contribution is 2.20. The zero-order valence-corrected chi connectivity index (χ0v) is 9.08. The first-order valence-corrected chi connectivity index (χ1v) is 5.83. The van der Waals surface area contributed by atoms with E-state index in [1.165, 1.54) is 31.4 Å². The van der Waals surface area contributed by atoms with Gasteiger partial charge in [-0.1, -0.05) is 12.1 Å². The van der Waals surface area contributed by atoms with Gasteiger partial charge in [0.1, 0.15) is 5.75 Å².